The van der Waals surface area contributed by atoms with Crippen LogP contribution < -0.4 is 10.6 Å². The molecule has 3 aromatic carbocycles. The van der Waals surface area contributed by atoms with Gasteiger partial charge in [-0.05, 0) is 49.4 Å². The van der Waals surface area contributed by atoms with Gasteiger partial charge in [0, 0.05) is 16.8 Å². The minimum Gasteiger partial charge on any atom is -0.322 e. The maximum atomic E-state index is 12.4. The number of amides is 2. The number of rotatable bonds is 3. The van der Waals surface area contributed by atoms with Gasteiger partial charge in [0.05, 0.1) is 11.4 Å². The Morgan fingerprint density at radius 1 is 0.926 bits per heavy atom. The molecule has 4 rings (SSSR count). The molecule has 132 valence electrons. The van der Waals surface area contributed by atoms with E-state index in [1.54, 1.807) is 24.3 Å². The SMILES string of the molecule is Cc1ccc(NC(=O)c2ccc(N=C3C(=O)Nc4ccccc43)cc2)cc1. The Morgan fingerprint density at radius 3 is 2.37 bits per heavy atom. The fourth-order valence-corrected chi connectivity index (χ4v) is 2.87. The van der Waals surface area contributed by atoms with Crippen molar-refractivity contribution >= 4 is 34.6 Å². The van der Waals surface area contributed by atoms with Gasteiger partial charge < -0.3 is 10.6 Å². The number of nitrogens with zero attached hydrogens (tertiary/aromatic N) is 1. The number of para-hydroxylation sites is 1. The molecule has 0 saturated heterocycles. The van der Waals surface area contributed by atoms with E-state index in [-0.39, 0.29) is 11.8 Å². The Labute approximate surface area is 156 Å². The number of aryl methyl sites for hydroxylation is 1. The van der Waals surface area contributed by atoms with Crippen LogP contribution in [0.15, 0.2) is 77.8 Å². The van der Waals surface area contributed by atoms with Crippen molar-refractivity contribution in [2.45, 2.75) is 6.92 Å². The zero-order valence-corrected chi connectivity index (χ0v) is 14.7. The topological polar surface area (TPSA) is 70.6 Å². The Bertz CT molecular complexity index is 1050. The van der Waals surface area contributed by atoms with Gasteiger partial charge in [0.15, 0.2) is 0 Å². The maximum Gasteiger partial charge on any atom is 0.275 e. The van der Waals surface area contributed by atoms with Gasteiger partial charge in [-0.3, -0.25) is 9.59 Å². The van der Waals surface area contributed by atoms with Gasteiger partial charge in [-0.25, -0.2) is 4.99 Å². The van der Waals surface area contributed by atoms with Crippen LogP contribution in [0.3, 0.4) is 0 Å². The van der Waals surface area contributed by atoms with E-state index in [1.165, 1.54) is 0 Å². The van der Waals surface area contributed by atoms with E-state index in [4.69, 9.17) is 0 Å². The molecule has 0 saturated carbocycles. The fourth-order valence-electron chi connectivity index (χ4n) is 2.87. The number of nitrogens with one attached hydrogen (secondary N) is 2. The average molecular weight is 355 g/mol. The summed E-state index contributed by atoms with van der Waals surface area (Å²) in [6.07, 6.45) is 0. The Kier molecular flexibility index (Phi) is 4.26. The van der Waals surface area contributed by atoms with Crippen molar-refractivity contribution in [3.8, 4) is 0 Å². The smallest absolute Gasteiger partial charge is 0.275 e. The van der Waals surface area contributed by atoms with Crippen LogP contribution in [0.25, 0.3) is 0 Å². The minimum absolute atomic E-state index is 0.193. The van der Waals surface area contributed by atoms with Crippen LogP contribution in [0, 0.1) is 6.92 Å². The molecule has 5 nitrogen and oxygen atoms in total. The van der Waals surface area contributed by atoms with E-state index < -0.39 is 0 Å². The predicted octanol–water partition coefficient (Wildman–Crippen LogP) is 4.32. The molecule has 1 aliphatic heterocycles. The fraction of sp³-hybridized carbons (Fsp3) is 0.0455. The summed E-state index contributed by atoms with van der Waals surface area (Å²) in [5, 5.41) is 5.65. The third-order valence-electron chi connectivity index (χ3n) is 4.33. The first-order chi connectivity index (χ1) is 13.1. The highest BCUT2D eigenvalue weighted by Crippen LogP contribution is 2.25. The number of aliphatic imine (C=N–C) groups is 1. The van der Waals surface area contributed by atoms with Crippen molar-refractivity contribution in [3.63, 3.8) is 0 Å². The van der Waals surface area contributed by atoms with E-state index in [0.717, 1.165) is 22.5 Å². The van der Waals surface area contributed by atoms with E-state index >= 15 is 0 Å². The molecule has 2 amide bonds. The summed E-state index contributed by atoms with van der Waals surface area (Å²) in [6.45, 7) is 1.99. The summed E-state index contributed by atoms with van der Waals surface area (Å²) in [5.74, 6) is -0.417. The highest BCUT2D eigenvalue weighted by atomic mass is 16.2. The van der Waals surface area contributed by atoms with Crippen molar-refractivity contribution in [1.29, 1.82) is 0 Å². The van der Waals surface area contributed by atoms with E-state index in [1.807, 2.05) is 55.5 Å². The Morgan fingerprint density at radius 2 is 1.63 bits per heavy atom. The van der Waals surface area contributed by atoms with Crippen LogP contribution >= 0.6 is 0 Å². The molecule has 0 unspecified atom stereocenters. The molecule has 27 heavy (non-hydrogen) atoms. The summed E-state index contributed by atoms with van der Waals surface area (Å²) in [6, 6.07) is 21.9. The van der Waals surface area contributed by atoms with Crippen molar-refractivity contribution in [3.05, 3.63) is 89.5 Å². The highest BCUT2D eigenvalue weighted by Gasteiger charge is 2.25. The number of fused-ring (bicyclic) bond motifs is 1. The molecular formula is C22H17N3O2. The van der Waals surface area contributed by atoms with Gasteiger partial charge in [-0.15, -0.1) is 0 Å². The minimum atomic E-state index is -0.225. The number of benzene rings is 3. The standard InChI is InChI=1S/C22H17N3O2/c1-14-6-10-17(11-7-14)24-21(26)15-8-12-16(13-9-15)23-20-18-4-2-3-5-19(18)25-22(20)27/h2-13H,1H3,(H,24,26)(H,23,25,27). The summed E-state index contributed by atoms with van der Waals surface area (Å²) in [4.78, 5) is 28.9. The van der Waals surface area contributed by atoms with Crippen LogP contribution in [-0.4, -0.2) is 17.5 Å². The summed E-state index contributed by atoms with van der Waals surface area (Å²) in [5.41, 5.74) is 4.93. The zero-order valence-electron chi connectivity index (χ0n) is 14.7. The zero-order chi connectivity index (χ0) is 18.8. The number of carbonyl (C=O) groups is 2. The van der Waals surface area contributed by atoms with Crippen LogP contribution in [0.4, 0.5) is 17.1 Å². The van der Waals surface area contributed by atoms with Crippen LogP contribution in [0.5, 0.6) is 0 Å². The molecule has 0 radical (unpaired) electrons. The lowest BCUT2D eigenvalue weighted by atomic mass is 10.1. The second-order valence-electron chi connectivity index (χ2n) is 6.33. The highest BCUT2D eigenvalue weighted by molar-refractivity contribution is 6.54. The van der Waals surface area contributed by atoms with Crippen molar-refractivity contribution in [1.82, 2.24) is 0 Å². The molecule has 2 N–H and O–H groups in total. The van der Waals surface area contributed by atoms with Crippen molar-refractivity contribution in [2.24, 2.45) is 4.99 Å². The molecule has 0 fully saturated rings. The molecule has 1 aliphatic rings. The lowest BCUT2D eigenvalue weighted by Gasteiger charge is -2.06. The average Bonchev–Trinajstić information content (AvgIpc) is 2.99. The van der Waals surface area contributed by atoms with Crippen LogP contribution in [0.1, 0.15) is 21.5 Å². The van der Waals surface area contributed by atoms with Crippen molar-refractivity contribution < 1.29 is 9.59 Å². The number of hydrogen-bond acceptors (Lipinski definition) is 3. The molecular weight excluding hydrogens is 338 g/mol. The number of carbonyl (C=O) groups excluding carboxylic acids is 2. The number of hydrogen-bond donors (Lipinski definition) is 2. The lowest BCUT2D eigenvalue weighted by Crippen LogP contribution is -2.14. The number of anilines is 2. The molecule has 0 bridgehead atoms. The van der Waals surface area contributed by atoms with Gasteiger partial charge in [0.2, 0.25) is 0 Å². The van der Waals surface area contributed by atoms with Crippen LogP contribution in [-0.2, 0) is 4.79 Å². The van der Waals surface area contributed by atoms with Crippen molar-refractivity contribution in [2.75, 3.05) is 10.6 Å². The molecule has 5 heteroatoms. The molecule has 3 aromatic rings. The summed E-state index contributed by atoms with van der Waals surface area (Å²) >= 11 is 0. The van der Waals surface area contributed by atoms with Crippen LogP contribution in [0.2, 0.25) is 0 Å². The Hall–Kier alpha value is -3.73. The molecule has 0 atom stereocenters. The lowest BCUT2D eigenvalue weighted by molar-refractivity contribution is -0.110. The predicted molar refractivity (Wildman–Crippen MR) is 107 cm³/mol. The Balaban J connectivity index is 1.53. The first kappa shape index (κ1) is 16.7. The molecule has 0 aliphatic carbocycles. The molecule has 0 aromatic heterocycles. The molecule has 1 heterocycles. The largest absolute Gasteiger partial charge is 0.322 e. The van der Waals surface area contributed by atoms with Gasteiger partial charge in [0.1, 0.15) is 5.71 Å². The second-order valence-corrected chi connectivity index (χ2v) is 6.33. The second kappa shape index (κ2) is 6.88. The quantitative estimate of drug-likeness (QED) is 0.734. The van der Waals surface area contributed by atoms with Gasteiger partial charge >= 0.3 is 0 Å². The van der Waals surface area contributed by atoms with E-state index in [9.17, 15) is 9.59 Å². The van der Waals surface area contributed by atoms with Gasteiger partial charge in [0.25, 0.3) is 11.8 Å². The van der Waals surface area contributed by atoms with Gasteiger partial charge in [-0.1, -0.05) is 35.9 Å². The third-order valence-corrected chi connectivity index (χ3v) is 4.33. The third kappa shape index (κ3) is 3.48. The van der Waals surface area contributed by atoms with E-state index in [2.05, 4.69) is 15.6 Å². The first-order valence-corrected chi connectivity index (χ1v) is 8.58. The van der Waals surface area contributed by atoms with Gasteiger partial charge in [-0.2, -0.15) is 0 Å². The summed E-state index contributed by atoms with van der Waals surface area (Å²) < 4.78 is 0. The summed E-state index contributed by atoms with van der Waals surface area (Å²) in [7, 11) is 0. The molecule has 0 spiro atoms. The normalized spacial score (nSPS) is 14.0. The monoisotopic (exact) mass is 355 g/mol. The maximum absolute atomic E-state index is 12.4. The first-order valence-electron chi connectivity index (χ1n) is 8.58. The van der Waals surface area contributed by atoms with E-state index in [0.29, 0.717) is 17.0 Å².